The summed E-state index contributed by atoms with van der Waals surface area (Å²) >= 11 is 2.26. The normalized spacial score (nSPS) is 22.7. The van der Waals surface area contributed by atoms with Crippen molar-refractivity contribution in [1.29, 1.82) is 0 Å². The Bertz CT molecular complexity index is 483. The first-order valence-corrected chi connectivity index (χ1v) is 8.01. The monoisotopic (exact) mass is 371 g/mol. The van der Waals surface area contributed by atoms with Crippen LogP contribution in [0.15, 0.2) is 18.2 Å². The van der Waals surface area contributed by atoms with Gasteiger partial charge in [-0.15, -0.1) is 0 Å². The Morgan fingerprint density at radius 2 is 2.32 bits per heavy atom. The molecule has 1 unspecified atom stereocenters. The maximum Gasteiger partial charge on any atom is 0.254 e. The number of amides is 1. The van der Waals surface area contributed by atoms with Crippen LogP contribution < -0.4 is 0 Å². The molecule has 1 aromatic rings. The predicted molar refractivity (Wildman–Crippen MR) is 82.4 cm³/mol. The van der Waals surface area contributed by atoms with Crippen molar-refractivity contribution >= 4 is 28.5 Å². The second kappa shape index (κ2) is 5.79. The van der Waals surface area contributed by atoms with Gasteiger partial charge in [0.05, 0.1) is 6.10 Å². The molecule has 0 aliphatic carbocycles. The summed E-state index contributed by atoms with van der Waals surface area (Å²) < 4.78 is 6.76. The van der Waals surface area contributed by atoms with Gasteiger partial charge in [-0.1, -0.05) is 6.07 Å². The maximum atomic E-state index is 12.5. The van der Waals surface area contributed by atoms with Crippen molar-refractivity contribution in [2.45, 2.75) is 31.8 Å². The van der Waals surface area contributed by atoms with Crippen LogP contribution in [0, 0.1) is 3.57 Å². The molecule has 2 heterocycles. The third-order valence-electron chi connectivity index (χ3n) is 3.99. The number of carbonyl (C=O) groups is 1. The second-order valence-corrected chi connectivity index (χ2v) is 6.51. The van der Waals surface area contributed by atoms with Crippen molar-refractivity contribution < 1.29 is 9.53 Å². The number of halogens is 1. The van der Waals surface area contributed by atoms with Crippen LogP contribution in [0.4, 0.5) is 0 Å². The lowest BCUT2D eigenvalue weighted by molar-refractivity contribution is 0.0654. The Balaban J connectivity index is 1.66. The lowest BCUT2D eigenvalue weighted by Gasteiger charge is -2.29. The van der Waals surface area contributed by atoms with Gasteiger partial charge in [0, 0.05) is 28.8 Å². The number of fused-ring (bicyclic) bond motifs is 1. The van der Waals surface area contributed by atoms with E-state index in [0.29, 0.717) is 6.10 Å². The fraction of sp³-hybridized carbons (Fsp3) is 0.533. The highest BCUT2D eigenvalue weighted by Gasteiger charge is 2.25. The smallest absolute Gasteiger partial charge is 0.254 e. The number of hydrogen-bond acceptors (Lipinski definition) is 2. The van der Waals surface area contributed by atoms with Crippen LogP contribution >= 0.6 is 22.6 Å². The molecule has 0 saturated carbocycles. The van der Waals surface area contributed by atoms with E-state index in [4.69, 9.17) is 4.74 Å². The molecular weight excluding hydrogens is 353 g/mol. The minimum Gasteiger partial charge on any atom is -0.378 e. The van der Waals surface area contributed by atoms with Gasteiger partial charge in [-0.05, 0) is 66.0 Å². The van der Waals surface area contributed by atoms with E-state index < -0.39 is 0 Å². The molecule has 1 amide bonds. The zero-order valence-corrected chi connectivity index (χ0v) is 13.1. The van der Waals surface area contributed by atoms with Crippen molar-refractivity contribution in [1.82, 2.24) is 4.90 Å². The van der Waals surface area contributed by atoms with Crippen LogP contribution in [0.3, 0.4) is 0 Å². The fourth-order valence-electron chi connectivity index (χ4n) is 2.88. The van der Waals surface area contributed by atoms with Gasteiger partial charge in [0.1, 0.15) is 0 Å². The third kappa shape index (κ3) is 2.94. The largest absolute Gasteiger partial charge is 0.378 e. The Kier molecular flexibility index (Phi) is 4.07. The van der Waals surface area contributed by atoms with Gasteiger partial charge < -0.3 is 9.64 Å². The van der Waals surface area contributed by atoms with Crippen molar-refractivity contribution in [3.63, 3.8) is 0 Å². The molecular formula is C15H18INO2. The first-order valence-electron chi connectivity index (χ1n) is 6.93. The summed E-state index contributed by atoms with van der Waals surface area (Å²) in [5.74, 6) is 0.192. The molecule has 19 heavy (non-hydrogen) atoms. The number of rotatable bonds is 3. The topological polar surface area (TPSA) is 29.5 Å². The van der Waals surface area contributed by atoms with E-state index in [1.54, 1.807) is 0 Å². The Morgan fingerprint density at radius 1 is 1.42 bits per heavy atom. The van der Waals surface area contributed by atoms with Gasteiger partial charge in [-0.25, -0.2) is 0 Å². The maximum absolute atomic E-state index is 12.5. The standard InChI is InChI=1S/C15H18INO2/c16-12-4-3-11-5-7-17(15(18)14(11)10-12)8-6-13-2-1-9-19-13/h3-4,10,13H,1-2,5-9H2. The molecule has 1 saturated heterocycles. The second-order valence-electron chi connectivity index (χ2n) is 5.27. The fourth-order valence-corrected chi connectivity index (χ4v) is 3.37. The summed E-state index contributed by atoms with van der Waals surface area (Å²) in [6, 6.07) is 6.18. The molecule has 3 rings (SSSR count). The molecule has 0 aromatic heterocycles. The van der Waals surface area contributed by atoms with Gasteiger partial charge in [0.2, 0.25) is 0 Å². The van der Waals surface area contributed by atoms with Crippen molar-refractivity contribution in [2.75, 3.05) is 19.7 Å². The van der Waals surface area contributed by atoms with Crippen LogP contribution in [0.1, 0.15) is 35.2 Å². The number of ether oxygens (including phenoxy) is 1. The van der Waals surface area contributed by atoms with Gasteiger partial charge >= 0.3 is 0 Å². The number of nitrogens with zero attached hydrogens (tertiary/aromatic N) is 1. The zero-order chi connectivity index (χ0) is 13.2. The summed E-state index contributed by atoms with van der Waals surface area (Å²) in [5.41, 5.74) is 2.09. The SMILES string of the molecule is O=C1c2cc(I)ccc2CCN1CCC1CCCO1. The van der Waals surface area contributed by atoms with E-state index in [1.807, 2.05) is 11.0 Å². The van der Waals surface area contributed by atoms with E-state index in [1.165, 1.54) is 12.0 Å². The highest BCUT2D eigenvalue weighted by Crippen LogP contribution is 2.23. The Morgan fingerprint density at radius 3 is 3.11 bits per heavy atom. The molecule has 3 nitrogen and oxygen atoms in total. The molecule has 1 atom stereocenters. The van der Waals surface area contributed by atoms with Crippen LogP contribution in [0.5, 0.6) is 0 Å². The molecule has 1 fully saturated rings. The van der Waals surface area contributed by atoms with Crippen molar-refractivity contribution in [2.24, 2.45) is 0 Å². The highest BCUT2D eigenvalue weighted by molar-refractivity contribution is 14.1. The summed E-state index contributed by atoms with van der Waals surface area (Å²) in [4.78, 5) is 14.4. The average molecular weight is 371 g/mol. The van der Waals surface area contributed by atoms with Crippen LogP contribution in [0.2, 0.25) is 0 Å². The summed E-state index contributed by atoms with van der Waals surface area (Å²) in [5, 5.41) is 0. The first kappa shape index (κ1) is 13.4. The number of benzene rings is 1. The lowest BCUT2D eigenvalue weighted by Crippen LogP contribution is -2.39. The molecule has 0 N–H and O–H groups in total. The van der Waals surface area contributed by atoms with Crippen molar-refractivity contribution in [3.8, 4) is 0 Å². The van der Waals surface area contributed by atoms with Gasteiger partial charge in [-0.3, -0.25) is 4.79 Å². The molecule has 2 aliphatic heterocycles. The lowest BCUT2D eigenvalue weighted by atomic mass is 9.99. The van der Waals surface area contributed by atoms with Crippen molar-refractivity contribution in [3.05, 3.63) is 32.9 Å². The molecule has 0 spiro atoms. The average Bonchev–Trinajstić information content (AvgIpc) is 2.92. The molecule has 2 aliphatic rings. The molecule has 4 heteroatoms. The quantitative estimate of drug-likeness (QED) is 0.765. The minimum atomic E-state index is 0.192. The number of hydrogen-bond donors (Lipinski definition) is 0. The summed E-state index contributed by atoms with van der Waals surface area (Å²) in [6.45, 7) is 2.56. The van der Waals surface area contributed by atoms with Gasteiger partial charge in [0.25, 0.3) is 5.91 Å². The third-order valence-corrected chi connectivity index (χ3v) is 4.66. The Hall–Kier alpha value is -0.620. The van der Waals surface area contributed by atoms with Gasteiger partial charge in [-0.2, -0.15) is 0 Å². The van der Waals surface area contributed by atoms with Crippen LogP contribution in [-0.2, 0) is 11.2 Å². The first-order chi connectivity index (χ1) is 9.24. The minimum absolute atomic E-state index is 0.192. The highest BCUT2D eigenvalue weighted by atomic mass is 127. The van der Waals surface area contributed by atoms with E-state index in [0.717, 1.165) is 48.1 Å². The summed E-state index contributed by atoms with van der Waals surface area (Å²) in [6.07, 6.45) is 4.63. The van der Waals surface area contributed by atoms with Crippen LogP contribution in [0.25, 0.3) is 0 Å². The van der Waals surface area contributed by atoms with Gasteiger partial charge in [0.15, 0.2) is 0 Å². The number of carbonyl (C=O) groups excluding carboxylic acids is 1. The summed E-state index contributed by atoms with van der Waals surface area (Å²) in [7, 11) is 0. The molecule has 102 valence electrons. The van der Waals surface area contributed by atoms with Crippen LogP contribution in [-0.4, -0.2) is 36.6 Å². The van der Waals surface area contributed by atoms with E-state index >= 15 is 0 Å². The van der Waals surface area contributed by atoms with E-state index in [-0.39, 0.29) is 5.91 Å². The van der Waals surface area contributed by atoms with E-state index in [9.17, 15) is 4.79 Å². The predicted octanol–water partition coefficient (Wildman–Crippen LogP) is 2.86. The molecule has 0 radical (unpaired) electrons. The zero-order valence-electron chi connectivity index (χ0n) is 10.9. The molecule has 0 bridgehead atoms. The molecule has 1 aromatic carbocycles. The Labute approximate surface area is 127 Å². The van der Waals surface area contributed by atoms with E-state index in [2.05, 4.69) is 34.7 Å².